The van der Waals surface area contributed by atoms with Gasteiger partial charge in [0.15, 0.2) is 0 Å². The number of fused-ring (bicyclic) bond motifs is 1. The first-order chi connectivity index (χ1) is 14.1. The molecule has 2 aromatic carbocycles. The molecule has 8 nitrogen and oxygen atoms in total. The van der Waals surface area contributed by atoms with Crippen LogP contribution in [0.3, 0.4) is 0 Å². The van der Waals surface area contributed by atoms with Crippen molar-refractivity contribution in [2.75, 3.05) is 19.5 Å². The van der Waals surface area contributed by atoms with E-state index < -0.39 is 0 Å². The zero-order valence-corrected chi connectivity index (χ0v) is 16.2. The molecule has 0 saturated carbocycles. The Bertz CT molecular complexity index is 1170. The van der Waals surface area contributed by atoms with Gasteiger partial charge in [-0.1, -0.05) is 0 Å². The highest BCUT2D eigenvalue weighted by molar-refractivity contribution is 5.87. The van der Waals surface area contributed by atoms with E-state index in [1.807, 2.05) is 54.6 Å². The van der Waals surface area contributed by atoms with Crippen molar-refractivity contribution in [3.63, 3.8) is 0 Å². The van der Waals surface area contributed by atoms with Crippen molar-refractivity contribution in [3.8, 4) is 34.0 Å². The first-order valence-corrected chi connectivity index (χ1v) is 8.91. The molecule has 0 unspecified atom stereocenters. The molecular formula is C21H19N5O3. The Morgan fingerprint density at radius 1 is 0.897 bits per heavy atom. The SMILES string of the molecule is COc1ccc(-c2cc(-c3ccc(OC)cc3)n3nc(NC(C)=O)nc3n2)cc1. The fourth-order valence-corrected chi connectivity index (χ4v) is 2.96. The minimum atomic E-state index is -0.248. The molecule has 8 heteroatoms. The highest BCUT2D eigenvalue weighted by Crippen LogP contribution is 2.28. The average Bonchev–Trinajstić information content (AvgIpc) is 3.14. The van der Waals surface area contributed by atoms with Crippen molar-refractivity contribution in [2.24, 2.45) is 0 Å². The summed E-state index contributed by atoms with van der Waals surface area (Å²) in [4.78, 5) is 20.4. The number of methoxy groups -OCH3 is 2. The summed E-state index contributed by atoms with van der Waals surface area (Å²) in [5.41, 5.74) is 3.33. The lowest BCUT2D eigenvalue weighted by atomic mass is 10.1. The van der Waals surface area contributed by atoms with E-state index >= 15 is 0 Å². The van der Waals surface area contributed by atoms with Crippen molar-refractivity contribution in [1.82, 2.24) is 19.6 Å². The van der Waals surface area contributed by atoms with Gasteiger partial charge in [-0.25, -0.2) is 4.98 Å². The van der Waals surface area contributed by atoms with E-state index in [9.17, 15) is 4.79 Å². The van der Waals surface area contributed by atoms with Gasteiger partial charge < -0.3 is 9.47 Å². The quantitative estimate of drug-likeness (QED) is 0.562. The van der Waals surface area contributed by atoms with E-state index in [0.29, 0.717) is 5.78 Å². The second-order valence-electron chi connectivity index (χ2n) is 6.31. The van der Waals surface area contributed by atoms with Crippen molar-refractivity contribution < 1.29 is 14.3 Å². The third-order valence-corrected chi connectivity index (χ3v) is 4.37. The fourth-order valence-electron chi connectivity index (χ4n) is 2.96. The molecule has 0 bridgehead atoms. The van der Waals surface area contributed by atoms with Gasteiger partial charge in [-0.05, 0) is 54.6 Å². The topological polar surface area (TPSA) is 90.6 Å². The molecule has 0 aliphatic rings. The van der Waals surface area contributed by atoms with Crippen molar-refractivity contribution >= 4 is 17.6 Å². The van der Waals surface area contributed by atoms with Crippen molar-refractivity contribution in [3.05, 3.63) is 54.6 Å². The smallest absolute Gasteiger partial charge is 0.255 e. The second kappa shape index (κ2) is 7.59. The Hall–Kier alpha value is -3.94. The Kier molecular flexibility index (Phi) is 4.82. The summed E-state index contributed by atoms with van der Waals surface area (Å²) < 4.78 is 12.1. The molecule has 0 saturated heterocycles. The van der Waals surface area contributed by atoms with Crippen LogP contribution in [0.4, 0.5) is 5.95 Å². The lowest BCUT2D eigenvalue weighted by Gasteiger charge is -2.09. The summed E-state index contributed by atoms with van der Waals surface area (Å²) in [5, 5.41) is 7.00. The van der Waals surface area contributed by atoms with Crippen LogP contribution < -0.4 is 14.8 Å². The molecule has 0 fully saturated rings. The summed E-state index contributed by atoms with van der Waals surface area (Å²) in [7, 11) is 3.25. The molecule has 0 spiro atoms. The highest BCUT2D eigenvalue weighted by atomic mass is 16.5. The molecule has 1 amide bonds. The van der Waals surface area contributed by atoms with Crippen LogP contribution in [0.15, 0.2) is 54.6 Å². The van der Waals surface area contributed by atoms with Crippen LogP contribution in [0.2, 0.25) is 0 Å². The maximum atomic E-state index is 11.4. The van der Waals surface area contributed by atoms with Crippen LogP contribution >= 0.6 is 0 Å². The fraction of sp³-hybridized carbons (Fsp3) is 0.143. The monoisotopic (exact) mass is 389 g/mol. The van der Waals surface area contributed by atoms with Crippen LogP contribution in [-0.4, -0.2) is 39.7 Å². The molecule has 146 valence electrons. The Morgan fingerprint density at radius 2 is 1.48 bits per heavy atom. The number of hydrogen-bond acceptors (Lipinski definition) is 6. The molecule has 0 radical (unpaired) electrons. The van der Waals surface area contributed by atoms with Crippen LogP contribution in [0.5, 0.6) is 11.5 Å². The summed E-state index contributed by atoms with van der Waals surface area (Å²) in [6.07, 6.45) is 0. The van der Waals surface area contributed by atoms with Crippen LogP contribution in [0.1, 0.15) is 6.92 Å². The van der Waals surface area contributed by atoms with Crippen LogP contribution in [0, 0.1) is 0 Å². The van der Waals surface area contributed by atoms with Gasteiger partial charge in [-0.3, -0.25) is 10.1 Å². The lowest BCUT2D eigenvalue weighted by Crippen LogP contribution is -2.07. The molecule has 0 aliphatic heterocycles. The van der Waals surface area contributed by atoms with E-state index in [4.69, 9.17) is 9.47 Å². The molecular weight excluding hydrogens is 370 g/mol. The number of benzene rings is 2. The number of ether oxygens (including phenoxy) is 2. The van der Waals surface area contributed by atoms with Gasteiger partial charge in [0, 0.05) is 18.1 Å². The molecule has 4 aromatic rings. The molecule has 2 heterocycles. The van der Waals surface area contributed by atoms with Gasteiger partial charge >= 0.3 is 0 Å². The molecule has 0 aliphatic carbocycles. The summed E-state index contributed by atoms with van der Waals surface area (Å²) >= 11 is 0. The van der Waals surface area contributed by atoms with Gasteiger partial charge in [0.25, 0.3) is 11.7 Å². The maximum Gasteiger partial charge on any atom is 0.255 e. The van der Waals surface area contributed by atoms with Crippen molar-refractivity contribution in [1.29, 1.82) is 0 Å². The van der Waals surface area contributed by atoms with Crippen LogP contribution in [0.25, 0.3) is 28.3 Å². The van der Waals surface area contributed by atoms with Gasteiger partial charge in [0.05, 0.1) is 25.6 Å². The number of amides is 1. The zero-order valence-electron chi connectivity index (χ0n) is 16.2. The van der Waals surface area contributed by atoms with E-state index in [-0.39, 0.29) is 11.9 Å². The normalized spacial score (nSPS) is 10.7. The molecule has 1 N–H and O–H groups in total. The second-order valence-corrected chi connectivity index (χ2v) is 6.31. The van der Waals surface area contributed by atoms with Gasteiger partial charge in [0.1, 0.15) is 11.5 Å². The number of rotatable bonds is 5. The third kappa shape index (κ3) is 3.73. The van der Waals surface area contributed by atoms with Gasteiger partial charge in [-0.15, -0.1) is 5.10 Å². The third-order valence-electron chi connectivity index (χ3n) is 4.37. The van der Waals surface area contributed by atoms with Gasteiger partial charge in [0.2, 0.25) is 5.91 Å². The molecule has 0 atom stereocenters. The minimum absolute atomic E-state index is 0.201. The maximum absolute atomic E-state index is 11.4. The van der Waals surface area contributed by atoms with E-state index in [1.165, 1.54) is 6.92 Å². The molecule has 4 rings (SSSR count). The van der Waals surface area contributed by atoms with E-state index in [0.717, 1.165) is 34.0 Å². The van der Waals surface area contributed by atoms with Crippen molar-refractivity contribution in [2.45, 2.75) is 6.92 Å². The number of hydrogen-bond donors (Lipinski definition) is 1. The number of aromatic nitrogens is 4. The Balaban J connectivity index is 1.89. The number of nitrogens with one attached hydrogen (secondary N) is 1. The van der Waals surface area contributed by atoms with E-state index in [1.54, 1.807) is 18.7 Å². The largest absolute Gasteiger partial charge is 0.497 e. The predicted molar refractivity (Wildman–Crippen MR) is 109 cm³/mol. The summed E-state index contributed by atoms with van der Waals surface area (Å²) in [6.45, 7) is 1.41. The predicted octanol–water partition coefficient (Wildman–Crippen LogP) is 3.43. The minimum Gasteiger partial charge on any atom is -0.497 e. The summed E-state index contributed by atoms with van der Waals surface area (Å²) in [5.74, 6) is 1.86. The zero-order chi connectivity index (χ0) is 20.4. The first-order valence-electron chi connectivity index (χ1n) is 8.91. The standard InChI is InChI=1S/C21H19N5O3/c1-13(27)22-20-24-21-23-18(14-4-8-16(28-2)9-5-14)12-19(26(21)25-20)15-6-10-17(29-3)11-7-15/h4-12H,1-3H3,(H,22,25,27). The van der Waals surface area contributed by atoms with E-state index in [2.05, 4.69) is 20.4 Å². The van der Waals surface area contributed by atoms with Gasteiger partial charge in [-0.2, -0.15) is 9.50 Å². The Labute approximate surface area is 167 Å². The number of carbonyl (C=O) groups is 1. The lowest BCUT2D eigenvalue weighted by molar-refractivity contribution is -0.114. The first kappa shape index (κ1) is 18.4. The molecule has 2 aromatic heterocycles. The summed E-state index contributed by atoms with van der Waals surface area (Å²) in [6, 6.07) is 17.2. The Morgan fingerprint density at radius 3 is 2.03 bits per heavy atom. The van der Waals surface area contributed by atoms with Crippen LogP contribution in [-0.2, 0) is 4.79 Å². The number of anilines is 1. The highest BCUT2D eigenvalue weighted by Gasteiger charge is 2.14. The molecule has 29 heavy (non-hydrogen) atoms. The average molecular weight is 389 g/mol. The number of nitrogens with zero attached hydrogens (tertiary/aromatic N) is 4. The number of carbonyl (C=O) groups excluding carboxylic acids is 1.